The molecular formula is C45H75N7O8S. The van der Waals surface area contributed by atoms with Gasteiger partial charge < -0.3 is 40.4 Å². The summed E-state index contributed by atoms with van der Waals surface area (Å²) >= 11 is 0. The van der Waals surface area contributed by atoms with E-state index in [1.54, 1.807) is 37.1 Å². The Balaban J connectivity index is 1.79. The fourth-order valence-electron chi connectivity index (χ4n) is 8.64. The minimum absolute atomic E-state index is 0.0157. The molecule has 0 radical (unpaired) electrons. The predicted molar refractivity (Wildman–Crippen MR) is 243 cm³/mol. The number of methoxy groups -OCH3 is 2. The predicted octanol–water partition coefficient (Wildman–Crippen LogP) is 3.88. The second kappa shape index (κ2) is 24.7. The molecule has 0 bridgehead atoms. The molecule has 2 aliphatic heterocycles. The van der Waals surface area contributed by atoms with Crippen LogP contribution < -0.4 is 16.4 Å². The molecular weight excluding hydrogens is 799 g/mol. The van der Waals surface area contributed by atoms with Gasteiger partial charge in [0, 0.05) is 45.7 Å². The van der Waals surface area contributed by atoms with Gasteiger partial charge in [0.25, 0.3) is 0 Å². The van der Waals surface area contributed by atoms with Crippen LogP contribution in [0.25, 0.3) is 0 Å². The van der Waals surface area contributed by atoms with E-state index in [9.17, 15) is 24.0 Å². The van der Waals surface area contributed by atoms with Crippen LogP contribution in [0.5, 0.6) is 0 Å². The smallest absolute Gasteiger partial charge is 0.357 e. The second-order valence-electron chi connectivity index (χ2n) is 17.3. The third-order valence-electron chi connectivity index (χ3n) is 12.1. The van der Waals surface area contributed by atoms with E-state index in [4.69, 9.17) is 19.9 Å². The Kier molecular flexibility index (Phi) is 20.9. The number of amides is 4. The van der Waals surface area contributed by atoms with E-state index in [1.165, 1.54) is 0 Å². The highest BCUT2D eigenvalue weighted by molar-refractivity contribution is 8.31. The zero-order valence-electron chi connectivity index (χ0n) is 38.6. The number of rotatable bonds is 24. The lowest BCUT2D eigenvalue weighted by Gasteiger charge is -2.41. The molecule has 0 saturated carbocycles. The van der Waals surface area contributed by atoms with Gasteiger partial charge in [-0.05, 0) is 55.7 Å². The van der Waals surface area contributed by atoms with Crippen LogP contribution in [0.3, 0.4) is 0 Å². The van der Waals surface area contributed by atoms with Crippen molar-refractivity contribution in [2.75, 3.05) is 60.8 Å². The van der Waals surface area contributed by atoms with Crippen molar-refractivity contribution in [3.63, 3.8) is 0 Å². The third-order valence-corrected chi connectivity index (χ3v) is 13.8. The van der Waals surface area contributed by atoms with Crippen LogP contribution in [0.4, 0.5) is 0 Å². The zero-order valence-corrected chi connectivity index (χ0v) is 39.5. The number of benzene rings is 1. The highest BCUT2D eigenvalue weighted by Crippen LogP contribution is 2.37. The first kappa shape index (κ1) is 51.5. The topological polar surface area (TPSA) is 185 Å². The van der Waals surface area contributed by atoms with Crippen LogP contribution in [0.1, 0.15) is 85.8 Å². The van der Waals surface area contributed by atoms with E-state index in [2.05, 4.69) is 15.6 Å². The molecule has 1 aromatic rings. The van der Waals surface area contributed by atoms with E-state index >= 15 is 0 Å². The summed E-state index contributed by atoms with van der Waals surface area (Å²) in [4.78, 5) is 78.4. The highest BCUT2D eigenvalue weighted by atomic mass is 32.2. The standard InChI is InChI=1S/C45H75N7O8S/c1-13-30(6)40(51(10)44(56)38(28(2)3)49-43(55)39(29(4)5)50(8)9)36(58-11)24-37(53)52-22-17-20-35(52)41(59-12)31(7)42(54)48-33(32-18-15-14-16-19-32)25-61-26-34(47-27-61)45(57)60-23-21-46/h14-16,18-19,26-31,33,35-36,38-41,61H,13,17,20-25,46H2,1-12H3,(H,48,54)(H,49,55)/t30-,31-,33?,35-,36+,38-,39-,40-,41+/m0/s1. The van der Waals surface area contributed by atoms with Crippen LogP contribution in [0.15, 0.2) is 46.4 Å². The number of esters is 1. The van der Waals surface area contributed by atoms with Gasteiger partial charge in [0.1, 0.15) is 12.6 Å². The number of nitrogens with zero attached hydrogens (tertiary/aromatic N) is 4. The van der Waals surface area contributed by atoms with Crippen molar-refractivity contribution in [3.8, 4) is 0 Å². The first-order chi connectivity index (χ1) is 28.9. The van der Waals surface area contributed by atoms with Crippen molar-refractivity contribution in [1.82, 2.24) is 25.3 Å². The highest BCUT2D eigenvalue weighted by Gasteiger charge is 2.43. The normalized spacial score (nSPS) is 21.0. The van der Waals surface area contributed by atoms with Crippen LogP contribution in [-0.2, 0) is 38.2 Å². The van der Waals surface area contributed by atoms with Gasteiger partial charge >= 0.3 is 5.97 Å². The van der Waals surface area contributed by atoms with Gasteiger partial charge in [-0.3, -0.25) is 24.1 Å². The molecule has 61 heavy (non-hydrogen) atoms. The number of ether oxygens (including phenoxy) is 3. The minimum atomic E-state index is -0.980. The molecule has 10 atom stereocenters. The number of carbonyl (C=O) groups is 5. The van der Waals surface area contributed by atoms with Crippen LogP contribution in [0, 0.1) is 23.7 Å². The minimum Gasteiger partial charge on any atom is -0.460 e. The summed E-state index contributed by atoms with van der Waals surface area (Å²) in [5.41, 5.74) is 8.39. The van der Waals surface area contributed by atoms with E-state index in [-0.39, 0.29) is 78.7 Å². The largest absolute Gasteiger partial charge is 0.460 e. The number of aliphatic imine (C=N–C) groups is 1. The van der Waals surface area contributed by atoms with Gasteiger partial charge in [0.05, 0.1) is 48.7 Å². The summed E-state index contributed by atoms with van der Waals surface area (Å²) in [6.45, 7) is 14.5. The van der Waals surface area contributed by atoms with Crippen LogP contribution in [0.2, 0.25) is 0 Å². The Morgan fingerprint density at radius 2 is 1.62 bits per heavy atom. The Hall–Kier alpha value is -3.83. The van der Waals surface area contributed by atoms with Gasteiger partial charge in [-0.25, -0.2) is 9.79 Å². The molecule has 1 saturated heterocycles. The first-order valence-electron chi connectivity index (χ1n) is 21.7. The maximum Gasteiger partial charge on any atom is 0.357 e. The summed E-state index contributed by atoms with van der Waals surface area (Å²) in [6.07, 6.45) is 0.902. The van der Waals surface area contributed by atoms with Gasteiger partial charge in [0.15, 0.2) is 5.70 Å². The molecule has 4 amide bonds. The molecule has 0 aliphatic carbocycles. The number of nitrogens with one attached hydrogen (secondary N) is 2. The fraction of sp³-hybridized carbons (Fsp3) is 0.689. The molecule has 2 heterocycles. The second-order valence-corrected chi connectivity index (χ2v) is 19.2. The van der Waals surface area contributed by atoms with Crippen molar-refractivity contribution < 1.29 is 38.2 Å². The van der Waals surface area contributed by atoms with Crippen LogP contribution >= 0.6 is 10.9 Å². The van der Waals surface area contributed by atoms with E-state index in [0.717, 1.165) is 18.4 Å². The molecule has 1 aromatic carbocycles. The maximum absolute atomic E-state index is 14.4. The Labute approximate surface area is 367 Å². The fourth-order valence-corrected chi connectivity index (χ4v) is 10.4. The molecule has 0 spiro atoms. The zero-order chi connectivity index (χ0) is 45.6. The summed E-state index contributed by atoms with van der Waals surface area (Å²) in [7, 11) is 7.60. The molecule has 2 aliphatic rings. The molecule has 15 nitrogen and oxygen atoms in total. The quantitative estimate of drug-likeness (QED) is 0.0879. The maximum atomic E-state index is 14.4. The van der Waals surface area contributed by atoms with Crippen molar-refractivity contribution in [3.05, 3.63) is 47.0 Å². The lowest BCUT2D eigenvalue weighted by atomic mass is 9.89. The molecule has 4 N–H and O–H groups in total. The molecule has 16 heteroatoms. The Morgan fingerprint density at radius 3 is 2.18 bits per heavy atom. The van der Waals surface area contributed by atoms with E-state index < -0.39 is 53.1 Å². The van der Waals surface area contributed by atoms with Gasteiger partial charge in [-0.1, -0.05) is 85.2 Å². The average molecular weight is 874 g/mol. The number of nitrogens with two attached hydrogens (primary N) is 1. The summed E-state index contributed by atoms with van der Waals surface area (Å²) in [5.74, 6) is -1.62. The lowest BCUT2D eigenvalue weighted by molar-refractivity contribution is -0.148. The van der Waals surface area contributed by atoms with Crippen LogP contribution in [-0.4, -0.2) is 147 Å². The number of hydrogen-bond acceptors (Lipinski definition) is 11. The molecule has 3 rings (SSSR count). The third kappa shape index (κ3) is 13.8. The van der Waals surface area contributed by atoms with Crippen molar-refractivity contribution in [2.24, 2.45) is 34.4 Å². The number of thiol groups is 1. The van der Waals surface area contributed by atoms with Crippen molar-refractivity contribution in [2.45, 2.75) is 117 Å². The monoisotopic (exact) mass is 874 g/mol. The Bertz CT molecular complexity index is 1650. The molecule has 1 fully saturated rings. The van der Waals surface area contributed by atoms with Gasteiger partial charge in [-0.15, -0.1) is 0 Å². The molecule has 0 aromatic heterocycles. The molecule has 2 unspecified atom stereocenters. The van der Waals surface area contributed by atoms with Crippen molar-refractivity contribution >= 4 is 46.0 Å². The lowest BCUT2D eigenvalue weighted by Crippen LogP contribution is -2.59. The SMILES string of the molecule is CC[C@H](C)[C@@H]([C@@H](CC(=O)N1CCC[C@H]1[C@H](OC)[C@H](C)C(=O)NC(C[SH]1C=NC(C(=O)OCCN)=C1)c1ccccc1)OC)N(C)C(=O)[C@@H](NC(=O)[C@H](C(C)C)N(C)C)C(C)C. The number of hydrogen-bond donors (Lipinski definition) is 4. The first-order valence-corrected chi connectivity index (χ1v) is 23.4. The van der Waals surface area contributed by atoms with Gasteiger partial charge in [0.2, 0.25) is 23.6 Å². The Morgan fingerprint density at radius 1 is 0.951 bits per heavy atom. The summed E-state index contributed by atoms with van der Waals surface area (Å²) in [5, 5.41) is 8.10. The number of likely N-dealkylation sites (tertiary alicyclic amines) is 1. The summed E-state index contributed by atoms with van der Waals surface area (Å²) < 4.78 is 17.3. The summed E-state index contributed by atoms with van der Waals surface area (Å²) in [6, 6.07) is 7.28. The van der Waals surface area contributed by atoms with E-state index in [0.29, 0.717) is 18.7 Å². The molecule has 344 valence electrons. The number of carbonyl (C=O) groups excluding carboxylic acids is 5. The van der Waals surface area contributed by atoms with Gasteiger partial charge in [-0.2, -0.15) is 10.9 Å². The van der Waals surface area contributed by atoms with E-state index in [1.807, 2.05) is 103 Å². The average Bonchev–Trinajstić information content (AvgIpc) is 3.91. The number of likely N-dealkylation sites (N-methyl/N-ethyl adjacent to an activating group) is 2. The van der Waals surface area contributed by atoms with Crippen molar-refractivity contribution in [1.29, 1.82) is 0 Å².